The number of hydrogen-bond donors (Lipinski definition) is 1. The minimum atomic E-state index is 0.0239. The summed E-state index contributed by atoms with van der Waals surface area (Å²) in [7, 11) is 0. The summed E-state index contributed by atoms with van der Waals surface area (Å²) in [6, 6.07) is 1.88. The molecule has 2 rings (SSSR count). The fourth-order valence-corrected chi connectivity index (χ4v) is 2.00. The van der Waals surface area contributed by atoms with Gasteiger partial charge in [-0.05, 0) is 28.4 Å². The number of fused-ring (bicyclic) bond motifs is 1. The van der Waals surface area contributed by atoms with Gasteiger partial charge in [-0.2, -0.15) is 0 Å². The maximum absolute atomic E-state index is 11.4. The number of halogens is 1. The number of nitrogens with zero attached hydrogens (tertiary/aromatic N) is 2. The van der Waals surface area contributed by atoms with Crippen LogP contribution in [0.25, 0.3) is 0 Å². The monoisotopic (exact) mass is 269 g/mol. The van der Waals surface area contributed by atoms with Gasteiger partial charge in [-0.25, -0.2) is 4.98 Å². The second-order valence-corrected chi connectivity index (χ2v) is 4.41. The van der Waals surface area contributed by atoms with Crippen LogP contribution in [0.1, 0.15) is 13.3 Å². The molecule has 0 atom stereocenters. The molecule has 0 spiro atoms. The van der Waals surface area contributed by atoms with Gasteiger partial charge in [-0.3, -0.25) is 4.79 Å². The summed E-state index contributed by atoms with van der Waals surface area (Å²) >= 11 is 3.34. The third kappa shape index (κ3) is 2.12. The van der Waals surface area contributed by atoms with E-state index in [1.807, 2.05) is 11.0 Å². The van der Waals surface area contributed by atoms with Crippen molar-refractivity contribution < 1.29 is 4.79 Å². The maximum Gasteiger partial charge on any atom is 0.244 e. The summed E-state index contributed by atoms with van der Waals surface area (Å²) < 4.78 is 0.875. The Labute approximate surface area is 96.8 Å². The average molecular weight is 270 g/mol. The molecule has 5 heteroatoms. The third-order valence-corrected chi connectivity index (χ3v) is 2.67. The van der Waals surface area contributed by atoms with Crippen LogP contribution in [-0.4, -0.2) is 24.0 Å². The molecule has 15 heavy (non-hydrogen) atoms. The zero-order valence-electron chi connectivity index (χ0n) is 8.46. The molecule has 80 valence electrons. The number of amides is 1. The lowest BCUT2D eigenvalue weighted by Gasteiger charge is -2.29. The normalized spacial score (nSPS) is 14.8. The van der Waals surface area contributed by atoms with Gasteiger partial charge in [-0.1, -0.05) is 6.92 Å². The van der Waals surface area contributed by atoms with Crippen LogP contribution in [0, 0.1) is 0 Å². The second kappa shape index (κ2) is 4.18. The van der Waals surface area contributed by atoms with Gasteiger partial charge in [0, 0.05) is 17.2 Å². The summed E-state index contributed by atoms with van der Waals surface area (Å²) in [5.74, 6) is 0.885. The van der Waals surface area contributed by atoms with Gasteiger partial charge in [0.25, 0.3) is 0 Å². The van der Waals surface area contributed by atoms with Crippen LogP contribution in [0.5, 0.6) is 0 Å². The summed E-state index contributed by atoms with van der Waals surface area (Å²) in [5, 5.41) is 2.82. The molecule has 2 heterocycles. The van der Waals surface area contributed by atoms with E-state index < -0.39 is 0 Å². The molecule has 0 bridgehead atoms. The van der Waals surface area contributed by atoms with Crippen molar-refractivity contribution in [3.05, 3.63) is 16.7 Å². The van der Waals surface area contributed by atoms with Crippen LogP contribution in [0.2, 0.25) is 0 Å². The van der Waals surface area contributed by atoms with Gasteiger partial charge in [0.05, 0.1) is 12.2 Å². The van der Waals surface area contributed by atoms with Crippen LogP contribution < -0.4 is 10.2 Å². The first-order chi connectivity index (χ1) is 7.20. The predicted molar refractivity (Wildman–Crippen MR) is 63.1 cm³/mol. The van der Waals surface area contributed by atoms with E-state index in [-0.39, 0.29) is 5.91 Å². The number of hydrogen-bond acceptors (Lipinski definition) is 3. The largest absolute Gasteiger partial charge is 0.346 e. The van der Waals surface area contributed by atoms with E-state index >= 15 is 0 Å². The Kier molecular flexibility index (Phi) is 2.90. The number of aromatic nitrogens is 1. The highest BCUT2D eigenvalue weighted by atomic mass is 79.9. The van der Waals surface area contributed by atoms with Gasteiger partial charge in [0.1, 0.15) is 0 Å². The van der Waals surface area contributed by atoms with Crippen molar-refractivity contribution in [3.8, 4) is 0 Å². The minimum absolute atomic E-state index is 0.0239. The molecule has 1 amide bonds. The van der Waals surface area contributed by atoms with E-state index in [9.17, 15) is 4.79 Å². The average Bonchev–Trinajstić information content (AvgIpc) is 2.17. The Morgan fingerprint density at radius 1 is 1.67 bits per heavy atom. The van der Waals surface area contributed by atoms with Crippen molar-refractivity contribution in [2.24, 2.45) is 0 Å². The molecule has 4 nitrogen and oxygen atoms in total. The predicted octanol–water partition coefficient (Wildman–Crippen LogP) is 2.01. The smallest absolute Gasteiger partial charge is 0.244 e. The highest BCUT2D eigenvalue weighted by Crippen LogP contribution is 2.29. The molecule has 0 aromatic carbocycles. The first kappa shape index (κ1) is 10.4. The van der Waals surface area contributed by atoms with Gasteiger partial charge in [0.15, 0.2) is 5.82 Å². The van der Waals surface area contributed by atoms with Gasteiger partial charge < -0.3 is 10.2 Å². The lowest BCUT2D eigenvalue weighted by atomic mass is 10.2. The Bertz CT molecular complexity index is 394. The van der Waals surface area contributed by atoms with Crippen LogP contribution >= 0.6 is 15.9 Å². The Morgan fingerprint density at radius 3 is 3.20 bits per heavy atom. The van der Waals surface area contributed by atoms with Crippen molar-refractivity contribution in [3.63, 3.8) is 0 Å². The molecule has 1 aliphatic heterocycles. The van der Waals surface area contributed by atoms with Crippen molar-refractivity contribution >= 4 is 33.3 Å². The maximum atomic E-state index is 11.4. The molecular formula is C10H12BrN3O. The number of nitrogens with one attached hydrogen (secondary N) is 1. The fraction of sp³-hybridized carbons (Fsp3) is 0.400. The first-order valence-corrected chi connectivity index (χ1v) is 5.70. The Balaban J connectivity index is 2.37. The minimum Gasteiger partial charge on any atom is -0.346 e. The van der Waals surface area contributed by atoms with Crippen molar-refractivity contribution in [2.45, 2.75) is 13.3 Å². The van der Waals surface area contributed by atoms with E-state index in [1.54, 1.807) is 6.20 Å². The molecule has 0 saturated carbocycles. The van der Waals surface area contributed by atoms with E-state index in [2.05, 4.69) is 33.2 Å². The first-order valence-electron chi connectivity index (χ1n) is 4.91. The van der Waals surface area contributed by atoms with Gasteiger partial charge in [-0.15, -0.1) is 0 Å². The second-order valence-electron chi connectivity index (χ2n) is 3.49. The molecule has 0 aliphatic carbocycles. The zero-order valence-corrected chi connectivity index (χ0v) is 10.0. The molecule has 1 aromatic rings. The van der Waals surface area contributed by atoms with E-state index in [0.717, 1.165) is 28.9 Å². The van der Waals surface area contributed by atoms with Gasteiger partial charge >= 0.3 is 0 Å². The Morgan fingerprint density at radius 2 is 2.47 bits per heavy atom. The molecule has 1 aliphatic rings. The molecule has 0 saturated heterocycles. The molecule has 0 radical (unpaired) electrons. The van der Waals surface area contributed by atoms with E-state index in [1.165, 1.54) is 0 Å². The highest BCUT2D eigenvalue weighted by molar-refractivity contribution is 9.10. The van der Waals surface area contributed by atoms with Gasteiger partial charge in [0.2, 0.25) is 5.91 Å². The lowest BCUT2D eigenvalue weighted by molar-refractivity contribution is -0.115. The summed E-state index contributed by atoms with van der Waals surface area (Å²) in [5.41, 5.74) is 0.786. The van der Waals surface area contributed by atoms with Crippen molar-refractivity contribution in [1.29, 1.82) is 0 Å². The highest BCUT2D eigenvalue weighted by Gasteiger charge is 2.22. The lowest BCUT2D eigenvalue weighted by Crippen LogP contribution is -2.39. The van der Waals surface area contributed by atoms with Crippen LogP contribution in [0.4, 0.5) is 11.5 Å². The van der Waals surface area contributed by atoms with Crippen LogP contribution in [0.3, 0.4) is 0 Å². The topological polar surface area (TPSA) is 45.2 Å². The quantitative estimate of drug-likeness (QED) is 0.894. The fourth-order valence-electron chi connectivity index (χ4n) is 1.67. The molecule has 1 N–H and O–H groups in total. The summed E-state index contributed by atoms with van der Waals surface area (Å²) in [4.78, 5) is 17.7. The van der Waals surface area contributed by atoms with Crippen molar-refractivity contribution in [1.82, 2.24) is 4.98 Å². The number of rotatable bonds is 2. The molecular weight excluding hydrogens is 258 g/mol. The molecule has 1 aromatic heterocycles. The van der Waals surface area contributed by atoms with Crippen LogP contribution in [0.15, 0.2) is 16.7 Å². The zero-order chi connectivity index (χ0) is 10.8. The van der Waals surface area contributed by atoms with E-state index in [0.29, 0.717) is 6.54 Å². The molecule has 0 fully saturated rings. The Hall–Kier alpha value is -1.10. The number of anilines is 2. The number of carbonyl (C=O) groups is 1. The number of carbonyl (C=O) groups excluding carboxylic acids is 1. The SMILES string of the molecule is CCCN1CC(=O)Nc2cc(Br)cnc21. The summed E-state index contributed by atoms with van der Waals surface area (Å²) in [6.45, 7) is 3.34. The third-order valence-electron chi connectivity index (χ3n) is 2.23. The van der Waals surface area contributed by atoms with Crippen LogP contribution in [-0.2, 0) is 4.79 Å². The van der Waals surface area contributed by atoms with Crippen molar-refractivity contribution in [2.75, 3.05) is 23.3 Å². The number of pyridine rings is 1. The standard InChI is InChI=1S/C10H12BrN3O/c1-2-3-14-6-9(15)13-8-4-7(11)5-12-10(8)14/h4-5H,2-3,6H2,1H3,(H,13,15). The van der Waals surface area contributed by atoms with E-state index in [4.69, 9.17) is 0 Å². The summed E-state index contributed by atoms with van der Waals surface area (Å²) in [6.07, 6.45) is 2.75. The molecule has 0 unspecified atom stereocenters.